The van der Waals surface area contributed by atoms with Crippen LogP contribution in [0.1, 0.15) is 31.9 Å². The Kier molecular flexibility index (Phi) is 10.4. The quantitative estimate of drug-likeness (QED) is 0.230. The molecule has 0 saturated carbocycles. The fraction of sp³-hybridized carbons (Fsp3) is 0.257. The number of ether oxygens (including phenoxy) is 1. The highest BCUT2D eigenvalue weighted by Gasteiger charge is 2.35. The molecule has 1 atom stereocenters. The van der Waals surface area contributed by atoms with E-state index in [9.17, 15) is 18.0 Å². The summed E-state index contributed by atoms with van der Waals surface area (Å²) in [5.41, 5.74) is 1.42. The molecule has 230 valence electrons. The molecule has 0 spiro atoms. The van der Waals surface area contributed by atoms with E-state index in [2.05, 4.69) is 5.32 Å². The summed E-state index contributed by atoms with van der Waals surface area (Å²) in [4.78, 5) is 29.9. The van der Waals surface area contributed by atoms with Gasteiger partial charge in [-0.25, -0.2) is 8.42 Å². The number of amides is 2. The van der Waals surface area contributed by atoms with Crippen LogP contribution in [-0.4, -0.2) is 50.4 Å². The van der Waals surface area contributed by atoms with Crippen molar-refractivity contribution in [3.63, 3.8) is 0 Å². The average Bonchev–Trinajstić information content (AvgIpc) is 3.02. The second-order valence-electron chi connectivity index (χ2n) is 11.5. The minimum absolute atomic E-state index is 0.0459. The largest absolute Gasteiger partial charge is 0.497 e. The summed E-state index contributed by atoms with van der Waals surface area (Å²) in [6.45, 7) is 5.23. The predicted octanol–water partition coefficient (Wildman–Crippen LogP) is 5.45. The molecule has 0 radical (unpaired) electrons. The number of sulfonamides is 1. The Hall–Kier alpha value is -4.63. The Morgan fingerprint density at radius 2 is 1.30 bits per heavy atom. The Labute approximate surface area is 260 Å². The number of nitrogens with zero attached hydrogens (tertiary/aromatic N) is 2. The van der Waals surface area contributed by atoms with Crippen molar-refractivity contribution in [2.75, 3.05) is 18.0 Å². The van der Waals surface area contributed by atoms with Crippen LogP contribution in [0, 0.1) is 0 Å². The highest BCUT2D eigenvalue weighted by atomic mass is 32.2. The van der Waals surface area contributed by atoms with Crippen molar-refractivity contribution in [3.05, 3.63) is 126 Å². The molecule has 0 aliphatic rings. The van der Waals surface area contributed by atoms with E-state index >= 15 is 0 Å². The number of hydrogen-bond donors (Lipinski definition) is 1. The number of methoxy groups -OCH3 is 1. The van der Waals surface area contributed by atoms with Gasteiger partial charge in [0.25, 0.3) is 10.0 Å². The van der Waals surface area contributed by atoms with E-state index in [0.29, 0.717) is 11.4 Å². The first kappa shape index (κ1) is 32.3. The molecule has 0 heterocycles. The highest BCUT2D eigenvalue weighted by molar-refractivity contribution is 7.92. The average molecular weight is 614 g/mol. The minimum atomic E-state index is -4.16. The van der Waals surface area contributed by atoms with E-state index in [1.165, 1.54) is 24.1 Å². The molecule has 0 fully saturated rings. The van der Waals surface area contributed by atoms with E-state index in [1.54, 1.807) is 42.5 Å². The normalized spacial score (nSPS) is 12.2. The van der Waals surface area contributed by atoms with Crippen LogP contribution < -0.4 is 14.4 Å². The Morgan fingerprint density at radius 3 is 1.82 bits per heavy atom. The van der Waals surface area contributed by atoms with Crippen LogP contribution in [0.3, 0.4) is 0 Å². The first-order chi connectivity index (χ1) is 21.0. The molecule has 44 heavy (non-hydrogen) atoms. The lowest BCUT2D eigenvalue weighted by atomic mass is 10.0. The zero-order chi connectivity index (χ0) is 31.7. The number of hydrogen-bond acceptors (Lipinski definition) is 5. The number of carbonyl (C=O) groups is 2. The van der Waals surface area contributed by atoms with E-state index < -0.39 is 34.1 Å². The number of anilines is 1. The van der Waals surface area contributed by atoms with Crippen LogP contribution >= 0.6 is 0 Å². The molecular formula is C35H39N3O5S. The molecule has 9 heteroatoms. The van der Waals surface area contributed by atoms with Crippen molar-refractivity contribution in [2.45, 2.75) is 50.2 Å². The molecule has 0 bridgehead atoms. The van der Waals surface area contributed by atoms with E-state index in [-0.39, 0.29) is 23.8 Å². The van der Waals surface area contributed by atoms with Crippen LogP contribution in [0.4, 0.5) is 5.69 Å². The predicted molar refractivity (Wildman–Crippen MR) is 173 cm³/mol. The third kappa shape index (κ3) is 8.48. The molecule has 0 unspecified atom stereocenters. The second kappa shape index (κ2) is 14.2. The fourth-order valence-corrected chi connectivity index (χ4v) is 6.22. The first-order valence-electron chi connectivity index (χ1n) is 14.4. The number of benzene rings is 4. The van der Waals surface area contributed by atoms with Gasteiger partial charge in [-0.05, 0) is 68.3 Å². The Bertz CT molecular complexity index is 1620. The monoisotopic (exact) mass is 613 g/mol. The van der Waals surface area contributed by atoms with Crippen LogP contribution in [0.15, 0.2) is 120 Å². The van der Waals surface area contributed by atoms with Gasteiger partial charge in [-0.3, -0.25) is 13.9 Å². The molecule has 0 aliphatic carbocycles. The molecule has 8 nitrogen and oxygen atoms in total. The zero-order valence-corrected chi connectivity index (χ0v) is 26.3. The third-order valence-corrected chi connectivity index (χ3v) is 8.72. The SMILES string of the molecule is COc1ccc(N(CC(=O)N(Cc2ccccc2)[C@H](Cc2ccccc2)C(=O)NC(C)(C)C)S(=O)(=O)c2ccccc2)cc1. The Morgan fingerprint density at radius 1 is 0.773 bits per heavy atom. The summed E-state index contributed by atoms with van der Waals surface area (Å²) in [7, 11) is -2.64. The summed E-state index contributed by atoms with van der Waals surface area (Å²) in [5, 5.41) is 3.04. The lowest BCUT2D eigenvalue weighted by Crippen LogP contribution is -2.56. The first-order valence-corrected chi connectivity index (χ1v) is 15.8. The van der Waals surface area contributed by atoms with Crippen molar-refractivity contribution in [1.82, 2.24) is 10.2 Å². The van der Waals surface area contributed by atoms with Gasteiger partial charge in [0.15, 0.2) is 0 Å². The van der Waals surface area contributed by atoms with Gasteiger partial charge < -0.3 is 15.0 Å². The molecule has 4 aromatic carbocycles. The maximum atomic E-state index is 14.4. The van der Waals surface area contributed by atoms with Gasteiger partial charge in [-0.2, -0.15) is 0 Å². The summed E-state index contributed by atoms with van der Waals surface area (Å²) < 4.78 is 34.4. The van der Waals surface area contributed by atoms with E-state index in [4.69, 9.17) is 4.74 Å². The summed E-state index contributed by atoms with van der Waals surface area (Å²) in [6, 6.07) is 32.4. The van der Waals surface area contributed by atoms with Crippen LogP contribution in [0.2, 0.25) is 0 Å². The van der Waals surface area contributed by atoms with Crippen molar-refractivity contribution in [1.29, 1.82) is 0 Å². The van der Waals surface area contributed by atoms with Gasteiger partial charge in [-0.15, -0.1) is 0 Å². The van der Waals surface area contributed by atoms with Crippen LogP contribution in [-0.2, 0) is 32.6 Å². The van der Waals surface area contributed by atoms with E-state index in [0.717, 1.165) is 15.4 Å². The molecule has 2 amide bonds. The number of nitrogens with one attached hydrogen (secondary N) is 1. The van der Waals surface area contributed by atoms with Crippen molar-refractivity contribution >= 4 is 27.5 Å². The summed E-state index contributed by atoms with van der Waals surface area (Å²) >= 11 is 0. The van der Waals surface area contributed by atoms with Gasteiger partial charge in [0, 0.05) is 18.5 Å². The standard InChI is InChI=1S/C35H39N3O5S/c1-35(2,3)36-34(40)32(24-27-14-8-5-9-15-27)37(25-28-16-10-6-11-17-28)33(39)26-38(29-20-22-30(43-4)23-21-29)44(41,42)31-18-12-7-13-19-31/h5-23,32H,24-26H2,1-4H3,(H,36,40)/t32-/m1/s1. The van der Waals surface area contributed by atoms with Crippen molar-refractivity contribution < 1.29 is 22.7 Å². The molecule has 0 aromatic heterocycles. The smallest absolute Gasteiger partial charge is 0.264 e. The lowest BCUT2D eigenvalue weighted by Gasteiger charge is -2.35. The number of rotatable bonds is 12. The van der Waals surface area contributed by atoms with Crippen LogP contribution in [0.5, 0.6) is 5.75 Å². The van der Waals surface area contributed by atoms with Gasteiger partial charge in [0.2, 0.25) is 11.8 Å². The summed E-state index contributed by atoms with van der Waals surface area (Å²) in [6.07, 6.45) is 0.245. The molecular weight excluding hydrogens is 574 g/mol. The highest BCUT2D eigenvalue weighted by Crippen LogP contribution is 2.27. The lowest BCUT2D eigenvalue weighted by molar-refractivity contribution is -0.140. The maximum absolute atomic E-state index is 14.4. The number of carbonyl (C=O) groups excluding carboxylic acids is 2. The van der Waals surface area contributed by atoms with Gasteiger partial charge in [-0.1, -0.05) is 78.9 Å². The van der Waals surface area contributed by atoms with Crippen LogP contribution in [0.25, 0.3) is 0 Å². The third-order valence-electron chi connectivity index (χ3n) is 6.94. The molecule has 0 saturated heterocycles. The van der Waals surface area contributed by atoms with Gasteiger partial charge in [0.05, 0.1) is 17.7 Å². The minimum Gasteiger partial charge on any atom is -0.497 e. The van der Waals surface area contributed by atoms with Gasteiger partial charge >= 0.3 is 0 Å². The molecule has 4 aromatic rings. The fourth-order valence-electron chi connectivity index (χ4n) is 4.78. The molecule has 4 rings (SSSR count). The van der Waals surface area contributed by atoms with Gasteiger partial charge in [0.1, 0.15) is 18.3 Å². The van der Waals surface area contributed by atoms with E-state index in [1.807, 2.05) is 81.4 Å². The Balaban J connectivity index is 1.79. The zero-order valence-electron chi connectivity index (χ0n) is 25.5. The maximum Gasteiger partial charge on any atom is 0.264 e. The topological polar surface area (TPSA) is 96.0 Å². The molecule has 0 aliphatic heterocycles. The molecule has 1 N–H and O–H groups in total. The van der Waals surface area contributed by atoms with Crippen molar-refractivity contribution in [2.24, 2.45) is 0 Å². The van der Waals surface area contributed by atoms with Crippen molar-refractivity contribution in [3.8, 4) is 5.75 Å². The second-order valence-corrected chi connectivity index (χ2v) is 13.3. The summed E-state index contributed by atoms with van der Waals surface area (Å²) in [5.74, 6) is -0.300.